The van der Waals surface area contributed by atoms with E-state index in [9.17, 15) is 14.7 Å². The molecule has 0 saturated heterocycles. The Kier molecular flexibility index (Phi) is 7.91. The maximum absolute atomic E-state index is 14.0. The molecule has 1 aromatic heterocycles. The molecule has 6 nitrogen and oxygen atoms in total. The summed E-state index contributed by atoms with van der Waals surface area (Å²) in [6.07, 6.45) is -1.02. The average molecular weight is 513 g/mol. The van der Waals surface area contributed by atoms with Crippen molar-refractivity contribution in [2.75, 3.05) is 0 Å². The summed E-state index contributed by atoms with van der Waals surface area (Å²) in [4.78, 5) is 27.8. The largest absolute Gasteiger partial charge is 0.489 e. The van der Waals surface area contributed by atoms with Crippen LogP contribution in [0.4, 0.5) is 4.79 Å². The lowest BCUT2D eigenvalue weighted by Gasteiger charge is -2.35. The van der Waals surface area contributed by atoms with Crippen molar-refractivity contribution in [3.63, 3.8) is 0 Å². The fourth-order valence-electron chi connectivity index (χ4n) is 4.70. The van der Waals surface area contributed by atoms with Crippen molar-refractivity contribution in [3.05, 3.63) is 100 Å². The van der Waals surface area contributed by atoms with Gasteiger partial charge in [-0.15, -0.1) is 0 Å². The van der Waals surface area contributed by atoms with Gasteiger partial charge in [0.15, 0.2) is 0 Å². The molecular weight excluding hydrogens is 476 g/mol. The SMILES string of the molecule is CC(C)Cn1c(CN(C(=O)O)C(C)(C)C)c(-c2ccccc2)c2ccc(OCc3ccccc3)cc2c1=O. The van der Waals surface area contributed by atoms with Crippen molar-refractivity contribution >= 4 is 16.9 Å². The Bertz CT molecular complexity index is 1470. The quantitative estimate of drug-likeness (QED) is 0.271. The van der Waals surface area contributed by atoms with Crippen molar-refractivity contribution in [3.8, 4) is 16.9 Å². The second kappa shape index (κ2) is 11.1. The number of benzene rings is 3. The normalized spacial score (nSPS) is 11.6. The van der Waals surface area contributed by atoms with Crippen LogP contribution < -0.4 is 10.3 Å². The Labute approximate surface area is 224 Å². The molecule has 0 bridgehead atoms. The van der Waals surface area contributed by atoms with E-state index in [1.165, 1.54) is 4.90 Å². The molecule has 1 heterocycles. The molecule has 0 aliphatic heterocycles. The molecule has 0 spiro atoms. The first-order valence-electron chi connectivity index (χ1n) is 13.0. The van der Waals surface area contributed by atoms with E-state index < -0.39 is 11.6 Å². The summed E-state index contributed by atoms with van der Waals surface area (Å²) in [5.74, 6) is 0.793. The summed E-state index contributed by atoms with van der Waals surface area (Å²) in [5.41, 5.74) is 2.74. The Morgan fingerprint density at radius 3 is 2.16 bits per heavy atom. The lowest BCUT2D eigenvalue weighted by molar-refractivity contribution is 0.0937. The minimum atomic E-state index is -1.02. The second-order valence-electron chi connectivity index (χ2n) is 11.0. The number of carboxylic acid groups (broad SMARTS) is 1. The Balaban J connectivity index is 1.95. The van der Waals surface area contributed by atoms with Crippen molar-refractivity contribution in [2.45, 2.75) is 59.9 Å². The van der Waals surface area contributed by atoms with Crippen molar-refractivity contribution in [1.82, 2.24) is 9.47 Å². The van der Waals surface area contributed by atoms with Gasteiger partial charge in [-0.3, -0.25) is 9.69 Å². The van der Waals surface area contributed by atoms with E-state index >= 15 is 0 Å². The van der Waals surface area contributed by atoms with Gasteiger partial charge in [0.25, 0.3) is 5.56 Å². The van der Waals surface area contributed by atoms with Gasteiger partial charge in [-0.05, 0) is 61.4 Å². The van der Waals surface area contributed by atoms with Gasteiger partial charge in [-0.1, -0.05) is 74.5 Å². The molecule has 0 saturated carbocycles. The first kappa shape index (κ1) is 27.0. The fourth-order valence-corrected chi connectivity index (χ4v) is 4.70. The van der Waals surface area contributed by atoms with E-state index in [-0.39, 0.29) is 18.0 Å². The van der Waals surface area contributed by atoms with Crippen LogP contribution in [0, 0.1) is 5.92 Å². The van der Waals surface area contributed by atoms with Gasteiger partial charge in [0.2, 0.25) is 0 Å². The molecule has 0 fully saturated rings. The molecule has 198 valence electrons. The summed E-state index contributed by atoms with van der Waals surface area (Å²) in [7, 11) is 0. The van der Waals surface area contributed by atoms with Crippen molar-refractivity contribution < 1.29 is 14.6 Å². The lowest BCUT2D eigenvalue weighted by Crippen LogP contribution is -2.45. The molecule has 4 aromatic rings. The van der Waals surface area contributed by atoms with Gasteiger partial charge in [0, 0.05) is 23.3 Å². The fraction of sp³-hybridized carbons (Fsp3) is 0.312. The standard InChI is InChI=1S/C32H36N2O4/c1-22(2)19-33-28(20-34(31(36)37)32(3,4)5)29(24-14-10-7-11-15-24)26-17-16-25(18-27(26)30(33)35)38-21-23-12-8-6-9-13-23/h6-18,22H,19-21H2,1-5H3,(H,36,37). The molecule has 4 rings (SSSR count). The molecule has 1 N–H and O–H groups in total. The van der Waals surface area contributed by atoms with Gasteiger partial charge in [0.1, 0.15) is 12.4 Å². The zero-order valence-corrected chi connectivity index (χ0v) is 22.8. The zero-order chi connectivity index (χ0) is 27.4. The van der Waals surface area contributed by atoms with Gasteiger partial charge in [-0.2, -0.15) is 0 Å². The third kappa shape index (κ3) is 5.91. The first-order valence-corrected chi connectivity index (χ1v) is 13.0. The summed E-state index contributed by atoms with van der Waals surface area (Å²) in [6.45, 7) is 10.7. The van der Waals surface area contributed by atoms with Gasteiger partial charge >= 0.3 is 6.09 Å². The van der Waals surface area contributed by atoms with Crippen molar-refractivity contribution in [1.29, 1.82) is 0 Å². The smallest absolute Gasteiger partial charge is 0.408 e. The van der Waals surface area contributed by atoms with E-state index in [1.807, 2.05) is 99.6 Å². The van der Waals surface area contributed by atoms with Crippen LogP contribution >= 0.6 is 0 Å². The summed E-state index contributed by atoms with van der Waals surface area (Å²) >= 11 is 0. The molecule has 38 heavy (non-hydrogen) atoms. The van der Waals surface area contributed by atoms with Crippen LogP contribution in [-0.4, -0.2) is 26.2 Å². The number of ether oxygens (including phenoxy) is 1. The van der Waals surface area contributed by atoms with E-state index in [2.05, 4.69) is 13.8 Å². The third-order valence-corrected chi connectivity index (χ3v) is 6.56. The van der Waals surface area contributed by atoms with Crippen LogP contribution in [-0.2, 0) is 19.7 Å². The van der Waals surface area contributed by atoms with Gasteiger partial charge in [-0.25, -0.2) is 4.79 Å². The number of pyridine rings is 1. The van der Waals surface area contributed by atoms with Gasteiger partial charge < -0.3 is 14.4 Å². The maximum Gasteiger partial charge on any atom is 0.408 e. The number of hydrogen-bond donors (Lipinski definition) is 1. The third-order valence-electron chi connectivity index (χ3n) is 6.56. The van der Waals surface area contributed by atoms with E-state index in [0.29, 0.717) is 30.0 Å². The van der Waals surface area contributed by atoms with E-state index in [0.717, 1.165) is 22.1 Å². The predicted octanol–water partition coefficient (Wildman–Crippen LogP) is 7.18. The van der Waals surface area contributed by atoms with Crippen LogP contribution in [0.25, 0.3) is 21.9 Å². The molecule has 0 aliphatic rings. The van der Waals surface area contributed by atoms with Crippen LogP contribution in [0.2, 0.25) is 0 Å². The number of hydrogen-bond acceptors (Lipinski definition) is 3. The topological polar surface area (TPSA) is 71.8 Å². The average Bonchev–Trinajstić information content (AvgIpc) is 2.88. The highest BCUT2D eigenvalue weighted by Gasteiger charge is 2.30. The summed E-state index contributed by atoms with van der Waals surface area (Å²) in [6, 6.07) is 25.4. The predicted molar refractivity (Wildman–Crippen MR) is 153 cm³/mol. The molecule has 6 heteroatoms. The van der Waals surface area contributed by atoms with Crippen LogP contribution in [0.1, 0.15) is 45.9 Å². The second-order valence-corrected chi connectivity index (χ2v) is 11.0. The molecule has 1 amide bonds. The Hall–Kier alpha value is -4.06. The minimum Gasteiger partial charge on any atom is -0.489 e. The summed E-state index contributed by atoms with van der Waals surface area (Å²) in [5, 5.41) is 11.4. The molecular formula is C32H36N2O4. The Morgan fingerprint density at radius 1 is 0.947 bits per heavy atom. The highest BCUT2D eigenvalue weighted by Crippen LogP contribution is 2.34. The number of carbonyl (C=O) groups is 1. The molecule has 0 unspecified atom stereocenters. The Morgan fingerprint density at radius 2 is 1.58 bits per heavy atom. The molecule has 0 aliphatic carbocycles. The zero-order valence-electron chi connectivity index (χ0n) is 22.8. The number of nitrogens with zero attached hydrogens (tertiary/aromatic N) is 2. The number of rotatable bonds is 8. The van der Waals surface area contributed by atoms with Crippen molar-refractivity contribution in [2.24, 2.45) is 5.92 Å². The number of aromatic nitrogens is 1. The van der Waals surface area contributed by atoms with Gasteiger partial charge in [0.05, 0.1) is 11.9 Å². The number of amides is 1. The highest BCUT2D eigenvalue weighted by molar-refractivity contribution is 5.98. The van der Waals surface area contributed by atoms with Crippen LogP contribution in [0.15, 0.2) is 83.7 Å². The monoisotopic (exact) mass is 512 g/mol. The van der Waals surface area contributed by atoms with E-state index in [4.69, 9.17) is 4.74 Å². The molecule has 0 radical (unpaired) electrons. The summed E-state index contributed by atoms with van der Waals surface area (Å²) < 4.78 is 7.82. The van der Waals surface area contributed by atoms with Crippen LogP contribution in [0.5, 0.6) is 5.75 Å². The molecule has 0 atom stereocenters. The minimum absolute atomic E-state index is 0.0905. The van der Waals surface area contributed by atoms with E-state index in [1.54, 1.807) is 4.57 Å². The maximum atomic E-state index is 14.0. The highest BCUT2D eigenvalue weighted by atomic mass is 16.5. The number of fused-ring (bicyclic) bond motifs is 1. The lowest BCUT2D eigenvalue weighted by atomic mass is 9.95. The molecule has 3 aromatic carbocycles. The van der Waals surface area contributed by atoms with Crippen LogP contribution in [0.3, 0.4) is 0 Å². The first-order chi connectivity index (χ1) is 18.1.